The van der Waals surface area contributed by atoms with E-state index in [1.165, 1.54) is 7.11 Å². The van der Waals surface area contributed by atoms with Gasteiger partial charge in [0.05, 0.1) is 12.0 Å². The van der Waals surface area contributed by atoms with E-state index in [4.69, 9.17) is 4.74 Å². The van der Waals surface area contributed by atoms with Crippen molar-refractivity contribution in [3.63, 3.8) is 0 Å². The number of methoxy groups -OCH3 is 1. The first-order valence-corrected chi connectivity index (χ1v) is 3.79. The summed E-state index contributed by atoms with van der Waals surface area (Å²) in [5.41, 5.74) is -0.250. The lowest BCUT2D eigenvalue weighted by Crippen LogP contribution is -2.13. The smallest absolute Gasteiger partial charge is 0.344 e. The van der Waals surface area contributed by atoms with Crippen molar-refractivity contribution in [2.24, 2.45) is 0 Å². The van der Waals surface area contributed by atoms with E-state index in [0.717, 1.165) is 12.4 Å². The van der Waals surface area contributed by atoms with Gasteiger partial charge < -0.3 is 9.47 Å². The molecule has 0 unspecified atom stereocenters. The van der Waals surface area contributed by atoms with E-state index in [-0.39, 0.29) is 18.3 Å². The number of nitrogens with zero attached hydrogens (tertiary/aromatic N) is 3. The molecule has 0 amide bonds. The van der Waals surface area contributed by atoms with Crippen LogP contribution < -0.4 is 4.74 Å². The van der Waals surface area contributed by atoms with Crippen molar-refractivity contribution in [3.8, 4) is 6.01 Å². The van der Waals surface area contributed by atoms with Crippen molar-refractivity contribution in [1.29, 1.82) is 0 Å². The lowest BCUT2D eigenvalue weighted by atomic mass is 10.6. The van der Waals surface area contributed by atoms with Crippen molar-refractivity contribution < 1.29 is 19.2 Å². The van der Waals surface area contributed by atoms with Crippen LogP contribution in [0.15, 0.2) is 12.4 Å². The van der Waals surface area contributed by atoms with Gasteiger partial charge in [-0.1, -0.05) is 0 Å². The lowest BCUT2D eigenvalue weighted by Gasteiger charge is -2.01. The number of hydrogen-bond donors (Lipinski definition) is 0. The van der Waals surface area contributed by atoms with Gasteiger partial charge in [0.25, 0.3) is 0 Å². The predicted octanol–water partition coefficient (Wildman–Crippen LogP) is -0.0634. The minimum absolute atomic E-state index is 0.119. The van der Waals surface area contributed by atoms with Gasteiger partial charge in [0, 0.05) is 0 Å². The van der Waals surface area contributed by atoms with Crippen molar-refractivity contribution >= 4 is 11.7 Å². The summed E-state index contributed by atoms with van der Waals surface area (Å²) in [7, 11) is 1.21. The van der Waals surface area contributed by atoms with Gasteiger partial charge >= 0.3 is 17.7 Å². The second-order valence-electron chi connectivity index (χ2n) is 2.35. The Bertz CT molecular complexity index is 363. The van der Waals surface area contributed by atoms with E-state index in [2.05, 4.69) is 14.7 Å². The predicted molar refractivity (Wildman–Crippen MR) is 46.2 cm³/mol. The molecule has 0 N–H and O–H groups in total. The molecule has 1 rings (SSSR count). The first-order valence-electron chi connectivity index (χ1n) is 3.79. The highest BCUT2D eigenvalue weighted by Gasteiger charge is 2.08. The Balaban J connectivity index is 2.57. The average Bonchev–Trinajstić information content (AvgIpc) is 2.26. The van der Waals surface area contributed by atoms with Crippen molar-refractivity contribution in [3.05, 3.63) is 22.5 Å². The average molecular weight is 213 g/mol. The Morgan fingerprint density at radius 3 is 2.60 bits per heavy atom. The number of esters is 1. The van der Waals surface area contributed by atoms with Crippen LogP contribution in [0.4, 0.5) is 5.69 Å². The van der Waals surface area contributed by atoms with Gasteiger partial charge in [0.15, 0.2) is 6.61 Å². The number of aromatic nitrogens is 2. The van der Waals surface area contributed by atoms with E-state index >= 15 is 0 Å². The molecule has 15 heavy (non-hydrogen) atoms. The normalized spacial score (nSPS) is 9.40. The molecule has 0 radical (unpaired) electrons. The van der Waals surface area contributed by atoms with Crippen LogP contribution in [0.25, 0.3) is 0 Å². The van der Waals surface area contributed by atoms with E-state index in [9.17, 15) is 14.9 Å². The van der Waals surface area contributed by atoms with Crippen molar-refractivity contribution in [1.82, 2.24) is 9.97 Å². The zero-order valence-corrected chi connectivity index (χ0v) is 7.74. The molecule has 1 aromatic heterocycles. The summed E-state index contributed by atoms with van der Waals surface area (Å²) in [5, 5.41) is 10.2. The fourth-order valence-electron chi connectivity index (χ4n) is 0.661. The summed E-state index contributed by atoms with van der Waals surface area (Å²) in [4.78, 5) is 27.3. The van der Waals surface area contributed by atoms with Gasteiger partial charge in [0.2, 0.25) is 0 Å². The molecule has 0 atom stereocenters. The van der Waals surface area contributed by atoms with Gasteiger partial charge in [-0.25, -0.2) is 4.79 Å². The third-order valence-electron chi connectivity index (χ3n) is 1.37. The Morgan fingerprint density at radius 1 is 1.53 bits per heavy atom. The summed E-state index contributed by atoms with van der Waals surface area (Å²) < 4.78 is 9.08. The number of nitro groups is 1. The van der Waals surface area contributed by atoms with Crippen LogP contribution in [0.5, 0.6) is 6.01 Å². The number of ether oxygens (including phenoxy) is 2. The highest BCUT2D eigenvalue weighted by atomic mass is 16.6. The maximum atomic E-state index is 10.6. The quantitative estimate of drug-likeness (QED) is 0.391. The monoisotopic (exact) mass is 213 g/mol. The molecule has 1 aromatic rings. The first kappa shape index (κ1) is 10.8. The molecule has 0 aliphatic rings. The Hall–Kier alpha value is -2.25. The molecule has 8 heteroatoms. The van der Waals surface area contributed by atoms with Crippen molar-refractivity contribution in [2.45, 2.75) is 0 Å². The Kier molecular flexibility index (Phi) is 3.49. The molecule has 0 aliphatic heterocycles. The van der Waals surface area contributed by atoms with Crippen LogP contribution >= 0.6 is 0 Å². The molecule has 0 spiro atoms. The maximum Gasteiger partial charge on any atom is 0.344 e. The second kappa shape index (κ2) is 4.84. The number of rotatable bonds is 4. The molecule has 80 valence electrons. The summed E-state index contributed by atoms with van der Waals surface area (Å²) in [6, 6.07) is -0.119. The van der Waals surface area contributed by atoms with Crippen LogP contribution in [0.3, 0.4) is 0 Å². The summed E-state index contributed by atoms with van der Waals surface area (Å²) in [6.45, 7) is -0.339. The molecule has 0 aliphatic carbocycles. The van der Waals surface area contributed by atoms with E-state index < -0.39 is 10.9 Å². The van der Waals surface area contributed by atoms with Crippen LogP contribution in [0, 0.1) is 10.1 Å². The topological polar surface area (TPSA) is 104 Å². The molecule has 1 heterocycles. The van der Waals surface area contributed by atoms with Gasteiger partial charge in [-0.2, -0.15) is 9.97 Å². The summed E-state index contributed by atoms with van der Waals surface area (Å²) in [6.07, 6.45) is 1.97. The van der Waals surface area contributed by atoms with Crippen LogP contribution in [-0.4, -0.2) is 34.6 Å². The molecule has 0 saturated heterocycles. The zero-order chi connectivity index (χ0) is 11.3. The fraction of sp³-hybridized carbons (Fsp3) is 0.286. The number of carbonyl (C=O) groups is 1. The van der Waals surface area contributed by atoms with E-state index in [1.807, 2.05) is 0 Å². The minimum atomic E-state index is -0.635. The largest absolute Gasteiger partial charge is 0.466 e. The van der Waals surface area contributed by atoms with Crippen molar-refractivity contribution in [2.75, 3.05) is 13.7 Å². The zero-order valence-electron chi connectivity index (χ0n) is 7.74. The minimum Gasteiger partial charge on any atom is -0.466 e. The molecular formula is C7H7N3O5. The maximum absolute atomic E-state index is 10.6. The molecule has 0 saturated carbocycles. The number of carbonyl (C=O) groups excluding carboxylic acids is 1. The van der Waals surface area contributed by atoms with Crippen LogP contribution in [-0.2, 0) is 9.53 Å². The van der Waals surface area contributed by atoms with Gasteiger partial charge in [-0.15, -0.1) is 0 Å². The highest BCUT2D eigenvalue weighted by molar-refractivity contribution is 5.70. The number of hydrogen-bond acceptors (Lipinski definition) is 7. The summed E-state index contributed by atoms with van der Waals surface area (Å²) >= 11 is 0. The molecule has 8 nitrogen and oxygen atoms in total. The SMILES string of the molecule is COC(=O)COc1ncc([N+](=O)[O-])cn1. The molecule has 0 fully saturated rings. The second-order valence-corrected chi connectivity index (χ2v) is 2.35. The van der Waals surface area contributed by atoms with Gasteiger partial charge in [-0.05, 0) is 0 Å². The van der Waals surface area contributed by atoms with Gasteiger partial charge in [-0.3, -0.25) is 10.1 Å². The Labute approximate surface area is 84.0 Å². The molecule has 0 bridgehead atoms. The third kappa shape index (κ3) is 3.18. The third-order valence-corrected chi connectivity index (χ3v) is 1.37. The van der Waals surface area contributed by atoms with Crippen LogP contribution in [0.1, 0.15) is 0 Å². The lowest BCUT2D eigenvalue weighted by molar-refractivity contribution is -0.385. The highest BCUT2D eigenvalue weighted by Crippen LogP contribution is 2.09. The van der Waals surface area contributed by atoms with Crippen LogP contribution in [0.2, 0.25) is 0 Å². The molecular weight excluding hydrogens is 206 g/mol. The standard InChI is InChI=1S/C7H7N3O5/c1-14-6(11)4-15-7-8-2-5(3-9-7)10(12)13/h2-3H,4H2,1H3. The Morgan fingerprint density at radius 2 is 2.13 bits per heavy atom. The van der Waals surface area contributed by atoms with Gasteiger partial charge in [0.1, 0.15) is 12.4 Å². The summed E-state index contributed by atoms with van der Waals surface area (Å²) in [5.74, 6) is -0.586. The van der Waals surface area contributed by atoms with E-state index in [0.29, 0.717) is 0 Å². The first-order chi connectivity index (χ1) is 7.13. The molecule has 0 aromatic carbocycles. The van der Waals surface area contributed by atoms with E-state index in [1.54, 1.807) is 0 Å². The fourth-order valence-corrected chi connectivity index (χ4v) is 0.661.